The molecule has 0 aromatic heterocycles. The Morgan fingerprint density at radius 1 is 1.38 bits per heavy atom. The number of rotatable bonds is 6. The van der Waals surface area contributed by atoms with E-state index < -0.39 is 18.0 Å². The van der Waals surface area contributed by atoms with Crippen LogP contribution in [0.1, 0.15) is 19.8 Å². The molecule has 6 nitrogen and oxygen atoms in total. The van der Waals surface area contributed by atoms with Crippen molar-refractivity contribution < 1.29 is 19.8 Å². The molecule has 0 aliphatic heterocycles. The Morgan fingerprint density at radius 2 is 2.00 bits per heavy atom. The Bertz CT molecular complexity index is 215. The predicted molar refractivity (Wildman–Crippen MR) is 43.7 cm³/mol. The van der Waals surface area contributed by atoms with Crippen LogP contribution in [0.2, 0.25) is 0 Å². The molecule has 0 fully saturated rings. The zero-order valence-electron chi connectivity index (χ0n) is 7.30. The summed E-state index contributed by atoms with van der Waals surface area (Å²) in [6.07, 6.45) is -0.228. The van der Waals surface area contributed by atoms with Crippen LogP contribution in [0.25, 0.3) is 0 Å². The van der Waals surface area contributed by atoms with Crippen molar-refractivity contribution >= 4 is 11.9 Å². The molecule has 0 bridgehead atoms. The van der Waals surface area contributed by atoms with Gasteiger partial charge in [0.2, 0.25) is 0 Å². The average Bonchev–Trinajstić information content (AvgIpc) is 2.03. The van der Waals surface area contributed by atoms with Gasteiger partial charge in [0.1, 0.15) is 0 Å². The molecule has 1 atom stereocenters. The average molecular weight is 188 g/mol. The van der Waals surface area contributed by atoms with E-state index in [4.69, 9.17) is 10.2 Å². The Kier molecular flexibility index (Phi) is 5.42. The van der Waals surface area contributed by atoms with Crippen molar-refractivity contribution in [1.82, 2.24) is 0 Å². The van der Waals surface area contributed by atoms with Crippen molar-refractivity contribution in [1.29, 1.82) is 0 Å². The molecule has 0 aliphatic carbocycles. The van der Waals surface area contributed by atoms with Gasteiger partial charge in [-0.25, -0.2) is 4.79 Å². The quantitative estimate of drug-likeness (QED) is 0.601. The maximum atomic E-state index is 10.5. The fourth-order valence-corrected chi connectivity index (χ4v) is 0.671. The third-order valence-corrected chi connectivity index (χ3v) is 1.28. The molecule has 0 saturated carbocycles. The van der Waals surface area contributed by atoms with E-state index in [0.29, 0.717) is 6.54 Å². The topological polar surface area (TPSA) is 99.3 Å². The maximum Gasteiger partial charge on any atom is 0.330 e. The second kappa shape index (κ2) is 6.10. The van der Waals surface area contributed by atoms with Gasteiger partial charge in [-0.15, -0.1) is 0 Å². The molecule has 0 unspecified atom stereocenters. The van der Waals surface area contributed by atoms with Crippen LogP contribution in [-0.4, -0.2) is 34.7 Å². The minimum absolute atomic E-state index is 0.0197. The molecule has 0 rings (SSSR count). The molecule has 0 aromatic carbocycles. The second-order valence-corrected chi connectivity index (χ2v) is 2.36. The van der Waals surface area contributed by atoms with Crippen molar-refractivity contribution in [3.63, 3.8) is 0 Å². The van der Waals surface area contributed by atoms with Gasteiger partial charge in [-0.2, -0.15) is 10.2 Å². The molecule has 0 amide bonds. The van der Waals surface area contributed by atoms with E-state index in [1.54, 1.807) is 6.92 Å². The third-order valence-electron chi connectivity index (χ3n) is 1.28. The Labute approximate surface area is 75.3 Å². The normalized spacial score (nSPS) is 13.0. The minimum Gasteiger partial charge on any atom is -0.481 e. The SMILES string of the molecule is CCN=N[C@@H](CCC(=O)O)C(=O)O. The lowest BCUT2D eigenvalue weighted by molar-refractivity contribution is -0.139. The van der Waals surface area contributed by atoms with E-state index in [0.717, 1.165) is 0 Å². The van der Waals surface area contributed by atoms with Crippen LogP contribution in [-0.2, 0) is 9.59 Å². The third kappa shape index (κ3) is 5.77. The summed E-state index contributed by atoms with van der Waals surface area (Å²) in [6.45, 7) is 2.12. The first-order valence-corrected chi connectivity index (χ1v) is 3.89. The van der Waals surface area contributed by atoms with E-state index in [9.17, 15) is 9.59 Å². The van der Waals surface area contributed by atoms with Gasteiger partial charge in [0.25, 0.3) is 0 Å². The summed E-state index contributed by atoms with van der Waals surface area (Å²) in [6, 6.07) is -1.03. The molecule has 2 N–H and O–H groups in total. The molecular formula is C7H12N2O4. The van der Waals surface area contributed by atoms with Crippen molar-refractivity contribution in [3.8, 4) is 0 Å². The smallest absolute Gasteiger partial charge is 0.330 e. The van der Waals surface area contributed by atoms with Crippen LogP contribution >= 0.6 is 0 Å². The number of carbonyl (C=O) groups is 2. The lowest BCUT2D eigenvalue weighted by Crippen LogP contribution is -2.18. The first-order valence-electron chi connectivity index (χ1n) is 3.89. The molecule has 0 aliphatic rings. The van der Waals surface area contributed by atoms with Crippen molar-refractivity contribution in [2.45, 2.75) is 25.8 Å². The predicted octanol–water partition coefficient (Wildman–Crippen LogP) is 0.776. The van der Waals surface area contributed by atoms with E-state index >= 15 is 0 Å². The van der Waals surface area contributed by atoms with Gasteiger partial charge in [0.15, 0.2) is 6.04 Å². The van der Waals surface area contributed by atoms with Gasteiger partial charge in [-0.3, -0.25) is 4.79 Å². The van der Waals surface area contributed by atoms with Crippen molar-refractivity contribution in [2.75, 3.05) is 6.54 Å². The summed E-state index contributed by atoms with van der Waals surface area (Å²) in [5.41, 5.74) is 0. The van der Waals surface area contributed by atoms with Crippen molar-refractivity contribution in [2.24, 2.45) is 10.2 Å². The Hall–Kier alpha value is -1.46. The fraction of sp³-hybridized carbons (Fsp3) is 0.714. The monoisotopic (exact) mass is 188 g/mol. The van der Waals surface area contributed by atoms with Crippen LogP contribution in [0.3, 0.4) is 0 Å². The van der Waals surface area contributed by atoms with Crippen molar-refractivity contribution in [3.05, 3.63) is 0 Å². The summed E-state index contributed by atoms with van der Waals surface area (Å²) in [4.78, 5) is 20.6. The highest BCUT2D eigenvalue weighted by Crippen LogP contribution is 2.03. The van der Waals surface area contributed by atoms with E-state index in [1.165, 1.54) is 0 Å². The lowest BCUT2D eigenvalue weighted by Gasteiger charge is -2.02. The summed E-state index contributed by atoms with van der Waals surface area (Å²) in [5, 5.41) is 23.9. The van der Waals surface area contributed by atoms with Gasteiger partial charge >= 0.3 is 11.9 Å². The number of carboxylic acids is 2. The molecule has 74 valence electrons. The van der Waals surface area contributed by atoms with Crippen LogP contribution < -0.4 is 0 Å². The molecule has 0 heterocycles. The number of aliphatic carboxylic acids is 2. The fourth-order valence-electron chi connectivity index (χ4n) is 0.671. The first-order chi connectivity index (χ1) is 6.07. The Balaban J connectivity index is 4.02. The van der Waals surface area contributed by atoms with E-state index in [2.05, 4.69) is 10.2 Å². The number of nitrogens with zero attached hydrogens (tertiary/aromatic N) is 2. The van der Waals surface area contributed by atoms with Crippen LogP contribution in [0, 0.1) is 0 Å². The molecule has 0 saturated heterocycles. The Morgan fingerprint density at radius 3 is 2.38 bits per heavy atom. The van der Waals surface area contributed by atoms with Gasteiger partial charge in [0, 0.05) is 6.42 Å². The van der Waals surface area contributed by atoms with Gasteiger partial charge in [-0.05, 0) is 13.3 Å². The number of azo groups is 1. The number of hydrogen-bond donors (Lipinski definition) is 2. The largest absolute Gasteiger partial charge is 0.481 e. The standard InChI is InChI=1S/C7H12N2O4/c1-2-8-9-5(7(12)13)3-4-6(10)11/h5H,2-4H2,1H3,(H,10,11)(H,12,13)/t5-/m0/s1. The molecule has 0 radical (unpaired) electrons. The molecule has 13 heavy (non-hydrogen) atoms. The molecule has 0 spiro atoms. The van der Waals surface area contributed by atoms with E-state index in [-0.39, 0.29) is 12.8 Å². The van der Waals surface area contributed by atoms with Crippen LogP contribution in [0.15, 0.2) is 10.2 Å². The second-order valence-electron chi connectivity index (χ2n) is 2.36. The summed E-state index contributed by atoms with van der Waals surface area (Å²) in [5.74, 6) is -2.17. The number of carboxylic acid groups (broad SMARTS) is 2. The van der Waals surface area contributed by atoms with Crippen LogP contribution in [0.5, 0.6) is 0 Å². The summed E-state index contributed by atoms with van der Waals surface area (Å²) in [7, 11) is 0. The van der Waals surface area contributed by atoms with Gasteiger partial charge in [-0.1, -0.05) is 0 Å². The zero-order valence-corrected chi connectivity index (χ0v) is 7.30. The molecular weight excluding hydrogens is 176 g/mol. The van der Waals surface area contributed by atoms with Gasteiger partial charge in [0.05, 0.1) is 6.54 Å². The van der Waals surface area contributed by atoms with Gasteiger partial charge < -0.3 is 10.2 Å². The number of hydrogen-bond acceptors (Lipinski definition) is 4. The minimum atomic E-state index is -1.14. The van der Waals surface area contributed by atoms with Crippen LogP contribution in [0.4, 0.5) is 0 Å². The summed E-state index contributed by atoms with van der Waals surface area (Å²) < 4.78 is 0. The highest BCUT2D eigenvalue weighted by atomic mass is 16.4. The highest BCUT2D eigenvalue weighted by molar-refractivity contribution is 5.75. The zero-order chi connectivity index (χ0) is 10.3. The first kappa shape index (κ1) is 11.5. The van der Waals surface area contributed by atoms with E-state index in [1.807, 2.05) is 0 Å². The maximum absolute atomic E-state index is 10.5. The molecule has 6 heteroatoms. The molecule has 0 aromatic rings. The summed E-state index contributed by atoms with van der Waals surface area (Å²) >= 11 is 0. The lowest BCUT2D eigenvalue weighted by atomic mass is 10.2. The highest BCUT2D eigenvalue weighted by Gasteiger charge is 2.17.